The van der Waals surface area contributed by atoms with Crippen LogP contribution < -0.4 is 0 Å². The summed E-state index contributed by atoms with van der Waals surface area (Å²) in [5.41, 5.74) is 0. The van der Waals surface area contributed by atoms with E-state index in [1.807, 2.05) is 0 Å². The van der Waals surface area contributed by atoms with E-state index in [4.69, 9.17) is 9.47 Å². The fourth-order valence-corrected chi connectivity index (χ4v) is 2.04. The number of allylic oxidation sites excluding steroid dienone is 2. The first-order chi connectivity index (χ1) is 9.83. The number of hydrogen-bond acceptors (Lipinski definition) is 3. The minimum Gasteiger partial charge on any atom is -0.463 e. The fraction of sp³-hybridized carbons (Fsp3) is 0.824. The Morgan fingerprint density at radius 3 is 2.45 bits per heavy atom. The van der Waals surface area contributed by atoms with Crippen LogP contribution in [0, 0.1) is 0 Å². The molecule has 1 rings (SSSR count). The van der Waals surface area contributed by atoms with Crippen molar-refractivity contribution in [2.24, 2.45) is 0 Å². The molecule has 0 amide bonds. The van der Waals surface area contributed by atoms with Crippen LogP contribution in [0.1, 0.15) is 71.1 Å². The normalized spacial score (nSPS) is 17.6. The summed E-state index contributed by atoms with van der Waals surface area (Å²) in [6.07, 6.45) is 16.2. The molecule has 1 aliphatic rings. The van der Waals surface area contributed by atoms with Crippen molar-refractivity contribution >= 4 is 5.97 Å². The molecule has 1 heterocycles. The second-order valence-electron chi connectivity index (χ2n) is 5.56. The molecule has 0 aromatic carbocycles. The highest BCUT2D eigenvalue weighted by molar-refractivity contribution is 5.69. The van der Waals surface area contributed by atoms with Gasteiger partial charge in [0.25, 0.3) is 0 Å². The molecule has 3 heteroatoms. The van der Waals surface area contributed by atoms with Crippen LogP contribution in [0.25, 0.3) is 0 Å². The van der Waals surface area contributed by atoms with E-state index in [-0.39, 0.29) is 12.1 Å². The van der Waals surface area contributed by atoms with E-state index in [9.17, 15) is 4.79 Å². The van der Waals surface area contributed by atoms with E-state index >= 15 is 0 Å². The van der Waals surface area contributed by atoms with E-state index < -0.39 is 0 Å². The van der Waals surface area contributed by atoms with Gasteiger partial charge in [0.15, 0.2) is 0 Å². The minimum atomic E-state index is -0.0700. The van der Waals surface area contributed by atoms with Crippen molar-refractivity contribution in [1.29, 1.82) is 0 Å². The van der Waals surface area contributed by atoms with E-state index in [1.54, 1.807) is 0 Å². The van der Waals surface area contributed by atoms with Crippen molar-refractivity contribution in [2.45, 2.75) is 77.2 Å². The summed E-state index contributed by atoms with van der Waals surface area (Å²) in [7, 11) is 0. The zero-order chi connectivity index (χ0) is 14.5. The van der Waals surface area contributed by atoms with Gasteiger partial charge in [0.2, 0.25) is 0 Å². The molecule has 1 saturated heterocycles. The Morgan fingerprint density at radius 1 is 1.10 bits per heavy atom. The summed E-state index contributed by atoms with van der Waals surface area (Å²) in [6.45, 7) is 3.42. The SMILES string of the molecule is CCCC/C=C\CCCCCCCC(=O)OCC1CO1. The van der Waals surface area contributed by atoms with Crippen molar-refractivity contribution in [3.63, 3.8) is 0 Å². The summed E-state index contributed by atoms with van der Waals surface area (Å²) in [5, 5.41) is 0. The number of hydrogen-bond donors (Lipinski definition) is 0. The van der Waals surface area contributed by atoms with Gasteiger partial charge < -0.3 is 9.47 Å². The Bertz CT molecular complexity index is 269. The molecule has 0 bridgehead atoms. The molecular formula is C17H30O3. The van der Waals surface area contributed by atoms with Gasteiger partial charge in [-0.3, -0.25) is 4.79 Å². The molecule has 0 aromatic rings. The Hall–Kier alpha value is -0.830. The van der Waals surface area contributed by atoms with Crippen molar-refractivity contribution < 1.29 is 14.3 Å². The van der Waals surface area contributed by atoms with Crippen LogP contribution in [-0.4, -0.2) is 25.3 Å². The first-order valence-corrected chi connectivity index (χ1v) is 8.25. The average molecular weight is 282 g/mol. The molecule has 0 aliphatic carbocycles. The van der Waals surface area contributed by atoms with Gasteiger partial charge in [0.1, 0.15) is 12.7 Å². The largest absolute Gasteiger partial charge is 0.463 e. The Morgan fingerprint density at radius 2 is 1.75 bits per heavy atom. The van der Waals surface area contributed by atoms with Crippen molar-refractivity contribution in [1.82, 2.24) is 0 Å². The maximum atomic E-state index is 11.3. The minimum absolute atomic E-state index is 0.0700. The van der Waals surface area contributed by atoms with Crippen LogP contribution in [0.4, 0.5) is 0 Å². The number of carbonyl (C=O) groups excluding carboxylic acids is 1. The molecule has 0 radical (unpaired) electrons. The smallest absolute Gasteiger partial charge is 0.305 e. The van der Waals surface area contributed by atoms with Crippen LogP contribution in [0.5, 0.6) is 0 Å². The van der Waals surface area contributed by atoms with Gasteiger partial charge in [0.05, 0.1) is 6.61 Å². The second kappa shape index (κ2) is 12.0. The zero-order valence-electron chi connectivity index (χ0n) is 12.9. The van der Waals surface area contributed by atoms with E-state index in [2.05, 4.69) is 19.1 Å². The molecule has 1 aliphatic heterocycles. The van der Waals surface area contributed by atoms with Crippen molar-refractivity contribution in [2.75, 3.05) is 13.2 Å². The first-order valence-electron chi connectivity index (χ1n) is 8.25. The van der Waals surface area contributed by atoms with Crippen LogP contribution in [0.15, 0.2) is 12.2 Å². The van der Waals surface area contributed by atoms with Crippen LogP contribution in [-0.2, 0) is 14.3 Å². The topological polar surface area (TPSA) is 38.8 Å². The van der Waals surface area contributed by atoms with Crippen molar-refractivity contribution in [3.8, 4) is 0 Å². The van der Waals surface area contributed by atoms with Gasteiger partial charge in [-0.05, 0) is 25.7 Å². The molecule has 1 unspecified atom stereocenters. The number of carbonyl (C=O) groups is 1. The van der Waals surface area contributed by atoms with Gasteiger partial charge in [-0.15, -0.1) is 0 Å². The number of epoxide rings is 1. The molecule has 3 nitrogen and oxygen atoms in total. The van der Waals surface area contributed by atoms with E-state index in [0.29, 0.717) is 13.0 Å². The summed E-state index contributed by atoms with van der Waals surface area (Å²) in [4.78, 5) is 11.3. The van der Waals surface area contributed by atoms with Crippen molar-refractivity contribution in [3.05, 3.63) is 12.2 Å². The number of rotatable bonds is 13. The molecule has 1 fully saturated rings. The second-order valence-corrected chi connectivity index (χ2v) is 5.56. The van der Waals surface area contributed by atoms with Gasteiger partial charge >= 0.3 is 5.97 Å². The molecule has 0 spiro atoms. The standard InChI is InChI=1S/C17H30O3/c1-2-3-4-5-6-7-8-9-10-11-12-13-17(18)20-15-16-14-19-16/h5-6,16H,2-4,7-15H2,1H3/b6-5-. The highest BCUT2D eigenvalue weighted by Crippen LogP contribution is 2.11. The summed E-state index contributed by atoms with van der Waals surface area (Å²) < 4.78 is 10.1. The Kier molecular flexibility index (Phi) is 10.3. The third-order valence-electron chi connectivity index (χ3n) is 3.48. The summed E-state index contributed by atoms with van der Waals surface area (Å²) in [6, 6.07) is 0. The zero-order valence-corrected chi connectivity index (χ0v) is 12.9. The molecule has 116 valence electrons. The number of unbranched alkanes of at least 4 members (excludes halogenated alkanes) is 7. The molecule has 20 heavy (non-hydrogen) atoms. The lowest BCUT2D eigenvalue weighted by molar-refractivity contribution is -0.144. The maximum Gasteiger partial charge on any atom is 0.305 e. The van der Waals surface area contributed by atoms with Gasteiger partial charge in [-0.1, -0.05) is 51.2 Å². The highest BCUT2D eigenvalue weighted by atomic mass is 16.6. The molecular weight excluding hydrogens is 252 g/mol. The highest BCUT2D eigenvalue weighted by Gasteiger charge is 2.23. The third kappa shape index (κ3) is 11.0. The first kappa shape index (κ1) is 17.2. The Labute approximate surface area is 123 Å². The lowest BCUT2D eigenvalue weighted by Gasteiger charge is -2.02. The molecule has 1 atom stereocenters. The number of ether oxygens (including phenoxy) is 2. The predicted octanol–water partition coefficient (Wildman–Crippen LogP) is 4.41. The average Bonchev–Trinajstić information content (AvgIpc) is 3.27. The van der Waals surface area contributed by atoms with Crippen LogP contribution >= 0.6 is 0 Å². The molecule has 0 aromatic heterocycles. The lowest BCUT2D eigenvalue weighted by Crippen LogP contribution is -2.09. The van der Waals surface area contributed by atoms with E-state index in [1.165, 1.54) is 44.9 Å². The predicted molar refractivity (Wildman–Crippen MR) is 81.7 cm³/mol. The number of esters is 1. The van der Waals surface area contributed by atoms with Crippen LogP contribution in [0.2, 0.25) is 0 Å². The maximum absolute atomic E-state index is 11.3. The monoisotopic (exact) mass is 282 g/mol. The van der Waals surface area contributed by atoms with Gasteiger partial charge in [0, 0.05) is 6.42 Å². The summed E-state index contributed by atoms with van der Waals surface area (Å²) in [5.74, 6) is -0.0700. The van der Waals surface area contributed by atoms with Gasteiger partial charge in [-0.25, -0.2) is 0 Å². The third-order valence-corrected chi connectivity index (χ3v) is 3.48. The molecule has 0 N–H and O–H groups in total. The lowest BCUT2D eigenvalue weighted by atomic mass is 10.1. The summed E-state index contributed by atoms with van der Waals surface area (Å²) >= 11 is 0. The Balaban J connectivity index is 1.75. The fourth-order valence-electron chi connectivity index (χ4n) is 2.04. The molecule has 0 saturated carbocycles. The van der Waals surface area contributed by atoms with E-state index in [0.717, 1.165) is 19.4 Å². The van der Waals surface area contributed by atoms with Gasteiger partial charge in [-0.2, -0.15) is 0 Å². The quantitative estimate of drug-likeness (QED) is 0.217. The van der Waals surface area contributed by atoms with Crippen LogP contribution in [0.3, 0.4) is 0 Å².